The average Bonchev–Trinajstić information content (AvgIpc) is 2.30. The van der Waals surface area contributed by atoms with Crippen molar-refractivity contribution in [2.75, 3.05) is 24.5 Å². The topological polar surface area (TPSA) is 55.0 Å². The van der Waals surface area contributed by atoms with Gasteiger partial charge in [0.2, 0.25) is 0 Å². The number of aryl methyl sites for hydroxylation is 1. The third-order valence-electron chi connectivity index (χ3n) is 3.16. The van der Waals surface area contributed by atoms with Crippen LogP contribution < -0.4 is 10.6 Å². The highest BCUT2D eigenvalue weighted by atomic mass is 15.2. The Morgan fingerprint density at radius 2 is 2.38 bits per heavy atom. The number of rotatable bonds is 3. The summed E-state index contributed by atoms with van der Waals surface area (Å²) in [6.07, 6.45) is 7.31. The lowest BCUT2D eigenvalue weighted by Gasteiger charge is -2.33. The van der Waals surface area contributed by atoms with Crippen molar-refractivity contribution >= 4 is 5.82 Å². The number of piperidine rings is 1. The molecule has 1 aliphatic heterocycles. The highest BCUT2D eigenvalue weighted by molar-refractivity contribution is 5.36. The van der Waals surface area contributed by atoms with Gasteiger partial charge in [0.05, 0.1) is 11.9 Å². The lowest BCUT2D eigenvalue weighted by molar-refractivity contribution is 0.394. The van der Waals surface area contributed by atoms with E-state index in [1.165, 1.54) is 12.8 Å². The molecular formula is C12H20N4. The van der Waals surface area contributed by atoms with E-state index in [1.807, 2.05) is 13.1 Å². The predicted octanol–water partition coefficient (Wildman–Crippen LogP) is 1.35. The fourth-order valence-corrected chi connectivity index (χ4v) is 2.35. The van der Waals surface area contributed by atoms with Gasteiger partial charge in [-0.15, -0.1) is 0 Å². The van der Waals surface area contributed by atoms with Crippen LogP contribution in [0, 0.1) is 12.8 Å². The third kappa shape index (κ3) is 2.70. The maximum absolute atomic E-state index is 5.62. The standard InChI is InChI=1S/C12H20N4/c1-10-7-14-8-12(15-10)16-6-2-3-11(9-16)4-5-13/h7-8,11H,2-6,9,13H2,1H3. The maximum atomic E-state index is 5.62. The second-order valence-electron chi connectivity index (χ2n) is 4.55. The van der Waals surface area contributed by atoms with Crippen LogP contribution >= 0.6 is 0 Å². The van der Waals surface area contributed by atoms with Gasteiger partial charge >= 0.3 is 0 Å². The predicted molar refractivity (Wildman–Crippen MR) is 65.4 cm³/mol. The van der Waals surface area contributed by atoms with Crippen LogP contribution in [-0.2, 0) is 0 Å². The van der Waals surface area contributed by atoms with Crippen LogP contribution in [0.4, 0.5) is 5.82 Å². The molecule has 2 N–H and O–H groups in total. The van der Waals surface area contributed by atoms with Gasteiger partial charge in [0.15, 0.2) is 0 Å². The zero-order chi connectivity index (χ0) is 11.4. The molecule has 1 unspecified atom stereocenters. The molecule has 2 heterocycles. The fourth-order valence-electron chi connectivity index (χ4n) is 2.35. The van der Waals surface area contributed by atoms with Crippen molar-refractivity contribution in [3.8, 4) is 0 Å². The minimum atomic E-state index is 0.723. The first kappa shape index (κ1) is 11.3. The Bertz CT molecular complexity index is 338. The van der Waals surface area contributed by atoms with Crippen LogP contribution in [0.15, 0.2) is 12.4 Å². The second kappa shape index (κ2) is 5.25. The monoisotopic (exact) mass is 220 g/mol. The van der Waals surface area contributed by atoms with E-state index in [0.717, 1.165) is 43.5 Å². The Morgan fingerprint density at radius 1 is 1.50 bits per heavy atom. The summed E-state index contributed by atoms with van der Waals surface area (Å²) in [5.74, 6) is 1.74. The summed E-state index contributed by atoms with van der Waals surface area (Å²) in [6, 6.07) is 0. The van der Waals surface area contributed by atoms with Crippen molar-refractivity contribution in [3.05, 3.63) is 18.1 Å². The summed E-state index contributed by atoms with van der Waals surface area (Å²) in [5, 5.41) is 0. The summed E-state index contributed by atoms with van der Waals surface area (Å²) in [4.78, 5) is 11.1. The van der Waals surface area contributed by atoms with Gasteiger partial charge in [-0.1, -0.05) is 0 Å². The Hall–Kier alpha value is -1.16. The molecule has 1 atom stereocenters. The minimum Gasteiger partial charge on any atom is -0.355 e. The molecule has 1 fully saturated rings. The quantitative estimate of drug-likeness (QED) is 0.835. The van der Waals surface area contributed by atoms with Crippen LogP contribution in [0.1, 0.15) is 25.0 Å². The number of hydrogen-bond acceptors (Lipinski definition) is 4. The summed E-state index contributed by atoms with van der Waals surface area (Å²) < 4.78 is 0. The molecule has 0 aromatic carbocycles. The highest BCUT2D eigenvalue weighted by Gasteiger charge is 2.20. The lowest BCUT2D eigenvalue weighted by atomic mass is 9.95. The molecule has 1 aromatic heterocycles. The van der Waals surface area contributed by atoms with Gasteiger partial charge < -0.3 is 10.6 Å². The largest absolute Gasteiger partial charge is 0.355 e. The maximum Gasteiger partial charge on any atom is 0.147 e. The van der Waals surface area contributed by atoms with Crippen molar-refractivity contribution in [3.63, 3.8) is 0 Å². The molecule has 0 spiro atoms. The van der Waals surface area contributed by atoms with Crippen molar-refractivity contribution in [2.45, 2.75) is 26.2 Å². The summed E-state index contributed by atoms with van der Waals surface area (Å²) in [6.45, 7) is 4.95. The molecule has 88 valence electrons. The molecule has 1 saturated heterocycles. The first-order valence-corrected chi connectivity index (χ1v) is 6.03. The van der Waals surface area contributed by atoms with Crippen LogP contribution in [-0.4, -0.2) is 29.6 Å². The number of anilines is 1. The van der Waals surface area contributed by atoms with Crippen LogP contribution in [0.5, 0.6) is 0 Å². The Kier molecular flexibility index (Phi) is 3.72. The Morgan fingerprint density at radius 3 is 3.12 bits per heavy atom. The smallest absolute Gasteiger partial charge is 0.147 e. The zero-order valence-corrected chi connectivity index (χ0v) is 9.89. The number of nitrogens with zero attached hydrogens (tertiary/aromatic N) is 3. The molecule has 0 saturated carbocycles. The molecule has 0 amide bonds. The van der Waals surface area contributed by atoms with Gasteiger partial charge in [0.25, 0.3) is 0 Å². The molecule has 4 nitrogen and oxygen atoms in total. The van der Waals surface area contributed by atoms with E-state index < -0.39 is 0 Å². The van der Waals surface area contributed by atoms with Gasteiger partial charge in [-0.3, -0.25) is 4.98 Å². The van der Waals surface area contributed by atoms with E-state index in [2.05, 4.69) is 14.9 Å². The van der Waals surface area contributed by atoms with Crippen molar-refractivity contribution in [2.24, 2.45) is 11.7 Å². The second-order valence-corrected chi connectivity index (χ2v) is 4.55. The Labute approximate surface area is 96.9 Å². The number of hydrogen-bond donors (Lipinski definition) is 1. The summed E-state index contributed by atoms with van der Waals surface area (Å²) in [5.41, 5.74) is 6.61. The number of aromatic nitrogens is 2. The minimum absolute atomic E-state index is 0.723. The van der Waals surface area contributed by atoms with Gasteiger partial charge in [-0.25, -0.2) is 4.98 Å². The van der Waals surface area contributed by atoms with E-state index in [-0.39, 0.29) is 0 Å². The third-order valence-corrected chi connectivity index (χ3v) is 3.16. The SMILES string of the molecule is Cc1cncc(N2CCCC(CCN)C2)n1. The van der Waals surface area contributed by atoms with Crippen molar-refractivity contribution in [1.29, 1.82) is 0 Å². The van der Waals surface area contributed by atoms with Gasteiger partial charge in [0.1, 0.15) is 5.82 Å². The summed E-state index contributed by atoms with van der Waals surface area (Å²) >= 11 is 0. The first-order valence-electron chi connectivity index (χ1n) is 6.03. The van der Waals surface area contributed by atoms with Gasteiger partial charge in [0, 0.05) is 19.3 Å². The van der Waals surface area contributed by atoms with E-state index in [9.17, 15) is 0 Å². The Balaban J connectivity index is 2.03. The first-order chi connectivity index (χ1) is 7.79. The number of nitrogens with two attached hydrogens (primary N) is 1. The van der Waals surface area contributed by atoms with E-state index >= 15 is 0 Å². The van der Waals surface area contributed by atoms with Crippen molar-refractivity contribution in [1.82, 2.24) is 9.97 Å². The van der Waals surface area contributed by atoms with Crippen LogP contribution in [0.25, 0.3) is 0 Å². The molecule has 0 bridgehead atoms. The van der Waals surface area contributed by atoms with E-state index in [4.69, 9.17) is 5.73 Å². The van der Waals surface area contributed by atoms with E-state index in [0.29, 0.717) is 0 Å². The molecular weight excluding hydrogens is 200 g/mol. The van der Waals surface area contributed by atoms with Crippen molar-refractivity contribution < 1.29 is 0 Å². The molecule has 4 heteroatoms. The van der Waals surface area contributed by atoms with E-state index in [1.54, 1.807) is 6.20 Å². The summed E-state index contributed by atoms with van der Waals surface area (Å²) in [7, 11) is 0. The molecule has 0 radical (unpaired) electrons. The lowest BCUT2D eigenvalue weighted by Crippen LogP contribution is -2.36. The molecule has 2 rings (SSSR count). The normalized spacial score (nSPS) is 21.1. The zero-order valence-electron chi connectivity index (χ0n) is 9.89. The van der Waals surface area contributed by atoms with Crippen LogP contribution in [0.2, 0.25) is 0 Å². The highest BCUT2D eigenvalue weighted by Crippen LogP contribution is 2.22. The van der Waals surface area contributed by atoms with Crippen LogP contribution in [0.3, 0.4) is 0 Å². The van der Waals surface area contributed by atoms with Gasteiger partial charge in [-0.2, -0.15) is 0 Å². The molecule has 16 heavy (non-hydrogen) atoms. The average molecular weight is 220 g/mol. The fraction of sp³-hybridized carbons (Fsp3) is 0.667. The molecule has 0 aliphatic carbocycles. The molecule has 1 aromatic rings. The molecule has 1 aliphatic rings. The van der Waals surface area contributed by atoms with Gasteiger partial charge in [-0.05, 0) is 38.6 Å².